The van der Waals surface area contributed by atoms with Gasteiger partial charge in [-0.25, -0.2) is 4.52 Å². The van der Waals surface area contributed by atoms with E-state index in [0.29, 0.717) is 37.2 Å². The fourth-order valence-electron chi connectivity index (χ4n) is 4.88. The van der Waals surface area contributed by atoms with Gasteiger partial charge in [-0.2, -0.15) is 10.4 Å². The molecule has 2 atom stereocenters. The van der Waals surface area contributed by atoms with Crippen molar-refractivity contribution in [2.75, 3.05) is 18.4 Å². The SMILES string of the molecule is CC[C@H]1CN(C(=O)C2(C#N)CC2)C[C@H]1Nc1c(C(N)=O)cnn2cc(-c3ccnc(C)c3)cc12. The number of hydrogen-bond donors (Lipinski definition) is 2. The Kier molecular flexibility index (Phi) is 5.24. The Morgan fingerprint density at radius 3 is 2.74 bits per heavy atom. The van der Waals surface area contributed by atoms with Crippen LogP contribution in [0.15, 0.2) is 36.8 Å². The van der Waals surface area contributed by atoms with E-state index in [9.17, 15) is 14.9 Å². The van der Waals surface area contributed by atoms with E-state index < -0.39 is 11.3 Å². The second-order valence-corrected chi connectivity index (χ2v) is 9.37. The lowest BCUT2D eigenvalue weighted by atomic mass is 10.00. The first-order valence-electron chi connectivity index (χ1n) is 11.6. The molecule has 2 aliphatic rings. The van der Waals surface area contributed by atoms with Gasteiger partial charge in [0, 0.05) is 42.8 Å². The van der Waals surface area contributed by atoms with Gasteiger partial charge >= 0.3 is 0 Å². The van der Waals surface area contributed by atoms with Crippen LogP contribution in [-0.2, 0) is 4.79 Å². The number of nitrogens with one attached hydrogen (secondary N) is 1. The van der Waals surface area contributed by atoms with Crippen molar-refractivity contribution in [1.82, 2.24) is 19.5 Å². The fraction of sp³-hybridized carbons (Fsp3) is 0.400. The maximum absolute atomic E-state index is 13.0. The minimum absolute atomic E-state index is 0.0748. The average Bonchev–Trinajstić information content (AvgIpc) is 3.33. The number of carbonyl (C=O) groups excluding carboxylic acids is 2. The van der Waals surface area contributed by atoms with Gasteiger partial charge in [0.15, 0.2) is 0 Å². The summed E-state index contributed by atoms with van der Waals surface area (Å²) in [5.41, 5.74) is 9.37. The molecular weight excluding hydrogens is 430 g/mol. The van der Waals surface area contributed by atoms with Crippen LogP contribution in [0.1, 0.15) is 42.2 Å². The van der Waals surface area contributed by atoms with E-state index in [-0.39, 0.29) is 17.9 Å². The number of pyridine rings is 1. The third-order valence-corrected chi connectivity index (χ3v) is 7.09. The van der Waals surface area contributed by atoms with Crippen molar-refractivity contribution in [3.05, 3.63) is 48.0 Å². The predicted octanol–water partition coefficient (Wildman–Crippen LogP) is 2.76. The molecule has 9 nitrogen and oxygen atoms in total. The van der Waals surface area contributed by atoms with Crippen molar-refractivity contribution in [2.45, 2.75) is 39.2 Å². The van der Waals surface area contributed by atoms with Crippen LogP contribution in [-0.4, -0.2) is 50.4 Å². The summed E-state index contributed by atoms with van der Waals surface area (Å²) in [5.74, 6) is -0.462. The standard InChI is InChI=1S/C25H27N7O2/c1-3-16-11-31(24(34)25(14-26)5-6-25)13-20(16)30-22-19(23(27)33)10-29-32-12-18(9-21(22)32)17-4-7-28-15(2)8-17/h4,7-10,12,16,20,30H,3,5-6,11,13H2,1-2H3,(H2,27,33)/t16-,20+/m0/s1. The molecular formula is C25H27N7O2. The molecule has 0 unspecified atom stereocenters. The number of anilines is 1. The van der Waals surface area contributed by atoms with Gasteiger partial charge < -0.3 is 16.0 Å². The summed E-state index contributed by atoms with van der Waals surface area (Å²) in [4.78, 5) is 31.3. The van der Waals surface area contributed by atoms with Crippen molar-refractivity contribution in [2.24, 2.45) is 17.1 Å². The first kappa shape index (κ1) is 21.9. The van der Waals surface area contributed by atoms with Crippen molar-refractivity contribution in [3.8, 4) is 17.2 Å². The van der Waals surface area contributed by atoms with Crippen molar-refractivity contribution in [3.63, 3.8) is 0 Å². The van der Waals surface area contributed by atoms with Crippen molar-refractivity contribution < 1.29 is 9.59 Å². The van der Waals surface area contributed by atoms with Gasteiger partial charge in [-0.3, -0.25) is 14.6 Å². The number of nitrogens with zero attached hydrogens (tertiary/aromatic N) is 5. The molecule has 0 radical (unpaired) electrons. The monoisotopic (exact) mass is 457 g/mol. The third kappa shape index (κ3) is 3.65. The maximum Gasteiger partial charge on any atom is 0.252 e. The maximum atomic E-state index is 13.0. The summed E-state index contributed by atoms with van der Waals surface area (Å²) >= 11 is 0. The molecule has 2 amide bonds. The van der Waals surface area contributed by atoms with E-state index in [4.69, 9.17) is 5.73 Å². The lowest BCUT2D eigenvalue weighted by Crippen LogP contribution is -2.36. The molecule has 174 valence electrons. The Morgan fingerprint density at radius 1 is 1.29 bits per heavy atom. The summed E-state index contributed by atoms with van der Waals surface area (Å²) in [5, 5.41) is 17.4. The molecule has 4 heterocycles. The van der Waals surface area contributed by atoms with Gasteiger partial charge in [-0.1, -0.05) is 6.92 Å². The van der Waals surface area contributed by atoms with Crippen LogP contribution >= 0.6 is 0 Å². The smallest absolute Gasteiger partial charge is 0.252 e. The van der Waals surface area contributed by atoms with Crippen LogP contribution in [0.2, 0.25) is 0 Å². The highest BCUT2D eigenvalue weighted by molar-refractivity contribution is 6.02. The zero-order valence-electron chi connectivity index (χ0n) is 19.3. The van der Waals surface area contributed by atoms with E-state index >= 15 is 0 Å². The number of nitriles is 1. The van der Waals surface area contributed by atoms with Gasteiger partial charge in [0.2, 0.25) is 5.91 Å². The molecule has 9 heteroatoms. The van der Waals surface area contributed by atoms with E-state index in [2.05, 4.69) is 28.4 Å². The highest BCUT2D eigenvalue weighted by atomic mass is 16.2. The molecule has 3 aromatic rings. The van der Waals surface area contributed by atoms with E-state index in [1.54, 1.807) is 15.6 Å². The van der Waals surface area contributed by atoms with E-state index in [1.165, 1.54) is 6.20 Å². The van der Waals surface area contributed by atoms with Crippen LogP contribution in [0, 0.1) is 29.6 Å². The van der Waals surface area contributed by atoms with Gasteiger partial charge in [0.1, 0.15) is 5.41 Å². The first-order chi connectivity index (χ1) is 16.3. The highest BCUT2D eigenvalue weighted by Crippen LogP contribution is 2.47. The second kappa shape index (κ2) is 8.13. The number of fused-ring (bicyclic) bond motifs is 1. The van der Waals surface area contributed by atoms with Crippen LogP contribution < -0.4 is 11.1 Å². The van der Waals surface area contributed by atoms with Crippen molar-refractivity contribution in [1.29, 1.82) is 5.26 Å². The van der Waals surface area contributed by atoms with Gasteiger partial charge in [-0.15, -0.1) is 0 Å². The molecule has 0 aromatic carbocycles. The fourth-order valence-corrected chi connectivity index (χ4v) is 4.88. The topological polar surface area (TPSA) is 129 Å². The zero-order chi connectivity index (χ0) is 24.0. The minimum Gasteiger partial charge on any atom is -0.378 e. The second-order valence-electron chi connectivity index (χ2n) is 9.37. The Balaban J connectivity index is 1.50. The molecule has 3 aromatic heterocycles. The zero-order valence-corrected chi connectivity index (χ0v) is 19.3. The third-order valence-electron chi connectivity index (χ3n) is 7.09. The Hall–Kier alpha value is -3.93. The Bertz CT molecular complexity index is 1330. The summed E-state index contributed by atoms with van der Waals surface area (Å²) in [7, 11) is 0. The van der Waals surface area contributed by atoms with E-state index in [0.717, 1.165) is 28.8 Å². The molecule has 1 saturated heterocycles. The van der Waals surface area contributed by atoms with E-state index in [1.807, 2.05) is 31.3 Å². The van der Waals surface area contributed by atoms with Crippen molar-refractivity contribution >= 4 is 23.0 Å². The summed E-state index contributed by atoms with van der Waals surface area (Å²) < 4.78 is 1.73. The van der Waals surface area contributed by atoms with Crippen LogP contribution in [0.3, 0.4) is 0 Å². The molecule has 0 spiro atoms. The average molecular weight is 458 g/mol. The number of rotatable bonds is 6. The summed E-state index contributed by atoms with van der Waals surface area (Å²) in [6.45, 7) is 5.09. The molecule has 34 heavy (non-hydrogen) atoms. The number of nitrogens with two attached hydrogens (primary N) is 1. The van der Waals surface area contributed by atoms with Gasteiger partial charge in [-0.05, 0) is 55.9 Å². The number of primary amides is 1. The van der Waals surface area contributed by atoms with Crippen LogP contribution in [0.25, 0.3) is 16.6 Å². The number of likely N-dealkylation sites (tertiary alicyclic amines) is 1. The molecule has 1 saturated carbocycles. The van der Waals surface area contributed by atoms with Crippen LogP contribution in [0.4, 0.5) is 5.69 Å². The number of aromatic nitrogens is 3. The quantitative estimate of drug-likeness (QED) is 0.585. The molecule has 0 bridgehead atoms. The molecule has 1 aliphatic carbocycles. The van der Waals surface area contributed by atoms with Gasteiger partial charge in [0.25, 0.3) is 5.91 Å². The number of aryl methyl sites for hydroxylation is 1. The lowest BCUT2D eigenvalue weighted by Gasteiger charge is -2.22. The highest BCUT2D eigenvalue weighted by Gasteiger charge is 2.54. The largest absolute Gasteiger partial charge is 0.378 e. The molecule has 1 aliphatic heterocycles. The Morgan fingerprint density at radius 2 is 2.09 bits per heavy atom. The number of hydrogen-bond acceptors (Lipinski definition) is 6. The summed E-state index contributed by atoms with van der Waals surface area (Å²) in [6.07, 6.45) is 7.27. The number of amides is 2. The lowest BCUT2D eigenvalue weighted by molar-refractivity contribution is -0.134. The predicted molar refractivity (Wildman–Crippen MR) is 127 cm³/mol. The molecule has 3 N–H and O–H groups in total. The molecule has 5 rings (SSSR count). The minimum atomic E-state index is -0.839. The number of carbonyl (C=O) groups is 2. The van der Waals surface area contributed by atoms with Crippen LogP contribution in [0.5, 0.6) is 0 Å². The first-order valence-corrected chi connectivity index (χ1v) is 11.6. The molecule has 2 fully saturated rings. The summed E-state index contributed by atoms with van der Waals surface area (Å²) in [6, 6.07) is 8.03. The normalized spacial score (nSPS) is 20.8. The Labute approximate surface area is 197 Å². The van der Waals surface area contributed by atoms with Gasteiger partial charge in [0.05, 0.1) is 29.0 Å².